The fourth-order valence-electron chi connectivity index (χ4n) is 5.37. The fourth-order valence-corrected chi connectivity index (χ4v) is 9.92. The number of hydrogen-bond donors (Lipinski definition) is 0. The van der Waals surface area contributed by atoms with E-state index in [2.05, 4.69) is 93.6 Å². The lowest BCUT2D eigenvalue weighted by molar-refractivity contribution is 0.0559. The van der Waals surface area contributed by atoms with Crippen LogP contribution in [0.25, 0.3) is 10.8 Å². The average molecular weight is 540 g/mol. The normalized spacial score (nSPS) is 12.9. The zero-order chi connectivity index (χ0) is 28.0. The first-order valence-electron chi connectivity index (χ1n) is 13.8. The molecule has 0 bridgehead atoms. The van der Waals surface area contributed by atoms with E-state index in [1.165, 1.54) is 15.8 Å². The van der Waals surface area contributed by atoms with E-state index in [4.69, 9.17) is 9.16 Å². The van der Waals surface area contributed by atoms with Crippen LogP contribution in [0.4, 0.5) is 4.79 Å². The lowest BCUT2D eigenvalue weighted by Gasteiger charge is -2.43. The second-order valence-electron chi connectivity index (χ2n) is 11.4. The van der Waals surface area contributed by atoms with Gasteiger partial charge in [-0.2, -0.15) is 0 Å². The van der Waals surface area contributed by atoms with Crippen LogP contribution in [0.1, 0.15) is 53.2 Å². The number of nitrogens with zero attached hydrogens (tertiary/aromatic N) is 1. The van der Waals surface area contributed by atoms with Crippen LogP contribution in [0.2, 0.25) is 5.04 Å². The standard InChI is InChI=1S/C34H41NO3Si/c1-26(2)35(33(36)38-27(3)29-22-21-28-15-13-14-16-30(28)25-29)23-24-37-39(34(4,5)6,31-17-9-7-10-18-31)32-19-11-8-12-20-32/h7-22,25-27H,23-24H2,1-6H3/t27-/m1/s1. The molecule has 0 aliphatic heterocycles. The SMILES string of the molecule is CC(C)N(CCO[Si](c1ccccc1)(c1ccccc1)C(C)(C)C)C(=O)O[C@H](C)c1ccc2ccccc2c1. The van der Waals surface area contributed by atoms with Crippen LogP contribution < -0.4 is 10.4 Å². The van der Waals surface area contributed by atoms with Crippen molar-refractivity contribution in [3.8, 4) is 0 Å². The number of hydrogen-bond acceptors (Lipinski definition) is 3. The molecule has 0 aromatic heterocycles. The molecule has 0 spiro atoms. The lowest BCUT2D eigenvalue weighted by Crippen LogP contribution is -2.67. The molecule has 1 amide bonds. The molecule has 0 saturated carbocycles. The molecular weight excluding hydrogens is 498 g/mol. The number of amides is 1. The van der Waals surface area contributed by atoms with E-state index in [1.54, 1.807) is 4.90 Å². The third-order valence-electron chi connectivity index (χ3n) is 7.45. The Morgan fingerprint density at radius 1 is 0.769 bits per heavy atom. The van der Waals surface area contributed by atoms with Crippen molar-refractivity contribution >= 4 is 35.6 Å². The zero-order valence-corrected chi connectivity index (χ0v) is 25.1. The van der Waals surface area contributed by atoms with Crippen molar-refractivity contribution in [2.75, 3.05) is 13.2 Å². The summed E-state index contributed by atoms with van der Waals surface area (Å²) in [5, 5.41) is 4.64. The van der Waals surface area contributed by atoms with Crippen LogP contribution in [0.5, 0.6) is 0 Å². The van der Waals surface area contributed by atoms with Crippen LogP contribution >= 0.6 is 0 Å². The predicted molar refractivity (Wildman–Crippen MR) is 164 cm³/mol. The van der Waals surface area contributed by atoms with Crippen molar-refractivity contribution in [2.45, 2.75) is 58.7 Å². The summed E-state index contributed by atoms with van der Waals surface area (Å²) >= 11 is 0. The Morgan fingerprint density at radius 2 is 1.31 bits per heavy atom. The minimum atomic E-state index is -2.68. The molecule has 204 valence electrons. The summed E-state index contributed by atoms with van der Waals surface area (Å²) in [4.78, 5) is 15.2. The highest BCUT2D eigenvalue weighted by atomic mass is 28.4. The van der Waals surface area contributed by atoms with E-state index < -0.39 is 8.32 Å². The Bertz CT molecular complexity index is 1330. The maximum Gasteiger partial charge on any atom is 0.410 e. The van der Waals surface area contributed by atoms with Crippen LogP contribution in [0, 0.1) is 0 Å². The van der Waals surface area contributed by atoms with Gasteiger partial charge in [-0.25, -0.2) is 4.79 Å². The highest BCUT2D eigenvalue weighted by molar-refractivity contribution is 6.99. The summed E-state index contributed by atoms with van der Waals surface area (Å²) in [5.74, 6) is 0. The molecule has 0 radical (unpaired) electrons. The lowest BCUT2D eigenvalue weighted by atomic mass is 10.0. The van der Waals surface area contributed by atoms with Crippen molar-refractivity contribution in [3.63, 3.8) is 0 Å². The minimum Gasteiger partial charge on any atom is -0.442 e. The molecule has 0 heterocycles. The molecular formula is C34H41NO3Si. The van der Waals surface area contributed by atoms with E-state index >= 15 is 0 Å². The van der Waals surface area contributed by atoms with Gasteiger partial charge in [-0.3, -0.25) is 0 Å². The number of fused-ring (bicyclic) bond motifs is 1. The predicted octanol–water partition coefficient (Wildman–Crippen LogP) is 7.32. The summed E-state index contributed by atoms with van der Waals surface area (Å²) in [6, 6.07) is 35.6. The Balaban J connectivity index is 1.53. The van der Waals surface area contributed by atoms with Gasteiger partial charge in [-0.1, -0.05) is 118 Å². The molecule has 0 saturated heterocycles. The van der Waals surface area contributed by atoms with Crippen molar-refractivity contribution < 1.29 is 14.0 Å². The highest BCUT2D eigenvalue weighted by Crippen LogP contribution is 2.36. The van der Waals surface area contributed by atoms with Crippen molar-refractivity contribution in [1.82, 2.24) is 4.90 Å². The van der Waals surface area contributed by atoms with Gasteiger partial charge in [0.25, 0.3) is 8.32 Å². The van der Waals surface area contributed by atoms with E-state index in [9.17, 15) is 4.79 Å². The topological polar surface area (TPSA) is 38.8 Å². The number of ether oxygens (including phenoxy) is 1. The van der Waals surface area contributed by atoms with E-state index in [1.807, 2.05) is 51.1 Å². The third-order valence-corrected chi connectivity index (χ3v) is 12.5. The second-order valence-corrected chi connectivity index (χ2v) is 15.7. The van der Waals surface area contributed by atoms with Crippen LogP contribution in [-0.2, 0) is 9.16 Å². The smallest absolute Gasteiger partial charge is 0.410 e. The highest BCUT2D eigenvalue weighted by Gasteiger charge is 2.50. The minimum absolute atomic E-state index is 0.0240. The number of carbonyl (C=O) groups is 1. The molecule has 39 heavy (non-hydrogen) atoms. The van der Waals surface area contributed by atoms with Gasteiger partial charge in [0.2, 0.25) is 0 Å². The van der Waals surface area contributed by atoms with Gasteiger partial charge in [0.1, 0.15) is 6.10 Å². The number of carbonyl (C=O) groups excluding carboxylic acids is 1. The first-order valence-corrected chi connectivity index (χ1v) is 15.8. The van der Waals surface area contributed by atoms with Crippen LogP contribution in [0.3, 0.4) is 0 Å². The summed E-state index contributed by atoms with van der Waals surface area (Å²) in [5.41, 5.74) is 0.981. The number of benzene rings is 4. The molecule has 0 fully saturated rings. The average Bonchev–Trinajstić information content (AvgIpc) is 2.93. The van der Waals surface area contributed by atoms with Gasteiger partial charge in [-0.05, 0) is 58.6 Å². The largest absolute Gasteiger partial charge is 0.442 e. The van der Waals surface area contributed by atoms with Crippen molar-refractivity contribution in [1.29, 1.82) is 0 Å². The van der Waals surface area contributed by atoms with Crippen LogP contribution in [0.15, 0.2) is 103 Å². The second kappa shape index (κ2) is 12.2. The third kappa shape index (κ3) is 6.26. The molecule has 5 heteroatoms. The molecule has 4 aromatic carbocycles. The van der Waals surface area contributed by atoms with E-state index in [0.717, 1.165) is 10.9 Å². The summed E-state index contributed by atoms with van der Waals surface area (Å²) < 4.78 is 13.0. The molecule has 0 aliphatic carbocycles. The van der Waals surface area contributed by atoms with Crippen molar-refractivity contribution in [2.24, 2.45) is 0 Å². The first-order chi connectivity index (χ1) is 18.6. The molecule has 1 atom stereocenters. The summed E-state index contributed by atoms with van der Waals surface area (Å²) in [7, 11) is -2.68. The maximum absolute atomic E-state index is 13.4. The summed E-state index contributed by atoms with van der Waals surface area (Å²) in [6.45, 7) is 13.6. The van der Waals surface area contributed by atoms with Gasteiger partial charge < -0.3 is 14.1 Å². The van der Waals surface area contributed by atoms with Gasteiger partial charge in [0.05, 0.1) is 6.61 Å². The Kier molecular flexibility index (Phi) is 8.93. The molecule has 4 nitrogen and oxygen atoms in total. The van der Waals surface area contributed by atoms with Gasteiger partial charge in [0.15, 0.2) is 0 Å². The van der Waals surface area contributed by atoms with Crippen molar-refractivity contribution in [3.05, 3.63) is 109 Å². The number of rotatable bonds is 9. The Hall–Kier alpha value is -3.41. The Morgan fingerprint density at radius 3 is 1.85 bits per heavy atom. The van der Waals surface area contributed by atoms with Crippen LogP contribution in [-0.4, -0.2) is 38.5 Å². The monoisotopic (exact) mass is 539 g/mol. The Labute approximate surface area is 234 Å². The van der Waals surface area contributed by atoms with Gasteiger partial charge >= 0.3 is 6.09 Å². The van der Waals surface area contributed by atoms with Gasteiger partial charge in [0, 0.05) is 12.6 Å². The zero-order valence-electron chi connectivity index (χ0n) is 24.1. The molecule has 4 aromatic rings. The molecule has 0 N–H and O–H groups in total. The summed E-state index contributed by atoms with van der Waals surface area (Å²) in [6.07, 6.45) is -0.683. The van der Waals surface area contributed by atoms with E-state index in [-0.39, 0.29) is 23.3 Å². The molecule has 0 unspecified atom stereocenters. The van der Waals surface area contributed by atoms with Gasteiger partial charge in [-0.15, -0.1) is 0 Å². The first kappa shape index (κ1) is 28.6. The fraction of sp³-hybridized carbons (Fsp3) is 0.324. The quantitative estimate of drug-likeness (QED) is 0.209. The maximum atomic E-state index is 13.4. The van der Waals surface area contributed by atoms with E-state index in [0.29, 0.717) is 13.2 Å². The molecule has 0 aliphatic rings. The molecule has 4 rings (SSSR count).